The zero-order valence-corrected chi connectivity index (χ0v) is 25.5. The SMILES string of the molecule is [CH2]CCc1nc(CCCCCCCCCCCCCC)cc(CCCCCCCCCCCCCC)n1. The molecular weight excluding hydrogens is 448 g/mol. The Bertz CT molecular complexity index is 551. The van der Waals surface area contributed by atoms with Crippen LogP contribution in [-0.4, -0.2) is 9.97 Å². The normalized spacial score (nSPS) is 11.4. The lowest BCUT2D eigenvalue weighted by Crippen LogP contribution is -2.04. The monoisotopic (exact) mass is 514 g/mol. The molecule has 0 bridgehead atoms. The van der Waals surface area contributed by atoms with Crippen molar-refractivity contribution in [2.75, 3.05) is 0 Å². The van der Waals surface area contributed by atoms with Gasteiger partial charge in [-0.25, -0.2) is 9.97 Å². The van der Waals surface area contributed by atoms with Crippen LogP contribution >= 0.6 is 0 Å². The van der Waals surface area contributed by atoms with Crippen LogP contribution in [0, 0.1) is 6.92 Å². The van der Waals surface area contributed by atoms with Gasteiger partial charge in [-0.1, -0.05) is 162 Å². The molecule has 1 heterocycles. The number of aromatic nitrogens is 2. The van der Waals surface area contributed by atoms with Gasteiger partial charge in [-0.05, 0) is 38.2 Å². The van der Waals surface area contributed by atoms with Gasteiger partial charge in [0.1, 0.15) is 5.82 Å². The van der Waals surface area contributed by atoms with Gasteiger partial charge in [0.2, 0.25) is 0 Å². The molecule has 2 nitrogen and oxygen atoms in total. The second-order valence-electron chi connectivity index (χ2n) is 11.6. The fourth-order valence-electron chi connectivity index (χ4n) is 5.43. The largest absolute Gasteiger partial charge is 0.238 e. The Morgan fingerprint density at radius 1 is 0.432 bits per heavy atom. The number of nitrogens with zero attached hydrogens (tertiary/aromatic N) is 2. The molecule has 0 atom stereocenters. The predicted molar refractivity (Wildman–Crippen MR) is 165 cm³/mol. The molecule has 0 saturated heterocycles. The van der Waals surface area contributed by atoms with Crippen LogP contribution in [0.15, 0.2) is 6.07 Å². The first-order valence-corrected chi connectivity index (χ1v) is 16.9. The first-order chi connectivity index (χ1) is 18.3. The molecule has 0 aliphatic carbocycles. The van der Waals surface area contributed by atoms with Crippen molar-refractivity contribution in [1.82, 2.24) is 9.97 Å². The van der Waals surface area contributed by atoms with Crippen molar-refractivity contribution in [1.29, 1.82) is 0 Å². The smallest absolute Gasteiger partial charge is 0.128 e. The van der Waals surface area contributed by atoms with Crippen molar-refractivity contribution in [3.8, 4) is 0 Å². The van der Waals surface area contributed by atoms with Crippen LogP contribution < -0.4 is 0 Å². The first-order valence-electron chi connectivity index (χ1n) is 16.9. The van der Waals surface area contributed by atoms with Gasteiger partial charge < -0.3 is 0 Å². The lowest BCUT2D eigenvalue weighted by molar-refractivity contribution is 0.542. The van der Waals surface area contributed by atoms with Crippen LogP contribution in [0.4, 0.5) is 0 Å². The fraction of sp³-hybridized carbons (Fsp3) is 0.857. The summed E-state index contributed by atoms with van der Waals surface area (Å²) in [6, 6.07) is 2.31. The number of aryl methyl sites for hydroxylation is 3. The van der Waals surface area contributed by atoms with Gasteiger partial charge in [-0.2, -0.15) is 0 Å². The maximum absolute atomic E-state index is 4.87. The molecule has 0 unspecified atom stereocenters. The Balaban J connectivity index is 2.12. The molecule has 215 valence electrons. The number of rotatable bonds is 28. The minimum absolute atomic E-state index is 0.889. The predicted octanol–water partition coefficient (Wildman–Crippen LogP) is 11.7. The van der Waals surface area contributed by atoms with E-state index < -0.39 is 0 Å². The molecule has 0 aromatic carbocycles. The van der Waals surface area contributed by atoms with Crippen LogP contribution in [0.2, 0.25) is 0 Å². The number of hydrogen-bond acceptors (Lipinski definition) is 2. The average molecular weight is 514 g/mol. The topological polar surface area (TPSA) is 25.8 Å². The Kier molecular flexibility index (Phi) is 24.6. The summed E-state index contributed by atoms with van der Waals surface area (Å²) in [6.07, 6.45) is 37.7. The van der Waals surface area contributed by atoms with Crippen molar-refractivity contribution < 1.29 is 0 Å². The summed E-state index contributed by atoms with van der Waals surface area (Å²) in [5.74, 6) is 1.03. The zero-order chi connectivity index (χ0) is 26.7. The van der Waals surface area contributed by atoms with Gasteiger partial charge in [0.05, 0.1) is 0 Å². The van der Waals surface area contributed by atoms with Gasteiger partial charge in [0.25, 0.3) is 0 Å². The third-order valence-electron chi connectivity index (χ3n) is 7.85. The highest BCUT2D eigenvalue weighted by Crippen LogP contribution is 2.16. The minimum Gasteiger partial charge on any atom is -0.238 e. The van der Waals surface area contributed by atoms with Crippen molar-refractivity contribution >= 4 is 0 Å². The van der Waals surface area contributed by atoms with Crippen LogP contribution in [0.3, 0.4) is 0 Å². The first kappa shape index (κ1) is 34.1. The molecular formula is C35H65N2. The summed E-state index contributed by atoms with van der Waals surface area (Å²) in [7, 11) is 0. The fourth-order valence-corrected chi connectivity index (χ4v) is 5.43. The summed E-state index contributed by atoms with van der Waals surface area (Å²) in [5.41, 5.74) is 2.55. The molecule has 0 aliphatic heterocycles. The van der Waals surface area contributed by atoms with Gasteiger partial charge in [-0.3, -0.25) is 0 Å². The van der Waals surface area contributed by atoms with Crippen molar-refractivity contribution in [2.45, 2.75) is 194 Å². The van der Waals surface area contributed by atoms with E-state index in [1.165, 1.54) is 165 Å². The molecule has 1 radical (unpaired) electrons. The summed E-state index contributed by atoms with van der Waals surface area (Å²) >= 11 is 0. The lowest BCUT2D eigenvalue weighted by Gasteiger charge is -2.09. The third kappa shape index (κ3) is 21.7. The third-order valence-corrected chi connectivity index (χ3v) is 7.85. The standard InChI is InChI=1S/C35H65N2/c1-4-7-9-11-13-15-17-19-21-23-25-27-30-33-32-34(37-35(36-33)29-6-3)31-28-26-24-22-20-18-16-14-12-10-8-5-2/h32H,3-31H2,1-2H3. The van der Waals surface area contributed by atoms with Crippen molar-refractivity contribution in [2.24, 2.45) is 0 Å². The molecule has 0 aliphatic rings. The van der Waals surface area contributed by atoms with Crippen LogP contribution in [0.1, 0.15) is 192 Å². The van der Waals surface area contributed by atoms with Crippen LogP contribution in [-0.2, 0) is 19.3 Å². The van der Waals surface area contributed by atoms with E-state index in [0.29, 0.717) is 0 Å². The minimum atomic E-state index is 0.889. The van der Waals surface area contributed by atoms with Crippen molar-refractivity contribution in [3.63, 3.8) is 0 Å². The maximum Gasteiger partial charge on any atom is 0.128 e. The van der Waals surface area contributed by atoms with E-state index in [9.17, 15) is 0 Å². The van der Waals surface area contributed by atoms with Gasteiger partial charge in [-0.15, -0.1) is 0 Å². The second-order valence-corrected chi connectivity index (χ2v) is 11.6. The van der Waals surface area contributed by atoms with E-state index in [4.69, 9.17) is 9.97 Å². The highest BCUT2D eigenvalue weighted by Gasteiger charge is 2.05. The molecule has 0 N–H and O–H groups in total. The van der Waals surface area contributed by atoms with E-state index >= 15 is 0 Å². The Labute approximate surface area is 233 Å². The van der Waals surface area contributed by atoms with Gasteiger partial charge in [0, 0.05) is 17.8 Å². The number of hydrogen-bond donors (Lipinski definition) is 0. The number of unbranched alkanes of at least 4 members (excludes halogenated alkanes) is 22. The molecule has 0 saturated carbocycles. The van der Waals surface area contributed by atoms with Crippen LogP contribution in [0.5, 0.6) is 0 Å². The Morgan fingerprint density at radius 3 is 1.03 bits per heavy atom. The summed E-state index contributed by atoms with van der Waals surface area (Å²) in [4.78, 5) is 9.74. The highest BCUT2D eigenvalue weighted by atomic mass is 14.9. The zero-order valence-electron chi connectivity index (χ0n) is 25.5. The summed E-state index contributed by atoms with van der Waals surface area (Å²) in [5, 5.41) is 0. The molecule has 0 fully saturated rings. The van der Waals surface area contributed by atoms with Crippen molar-refractivity contribution in [3.05, 3.63) is 30.2 Å². The van der Waals surface area contributed by atoms with E-state index in [1.54, 1.807) is 0 Å². The summed E-state index contributed by atoms with van der Waals surface area (Å²) in [6.45, 7) is 8.63. The second kappa shape index (κ2) is 26.7. The van der Waals surface area contributed by atoms with Crippen LogP contribution in [0.25, 0.3) is 0 Å². The highest BCUT2D eigenvalue weighted by molar-refractivity contribution is 5.12. The quantitative estimate of drug-likeness (QED) is 0.104. The molecule has 0 spiro atoms. The molecule has 1 aromatic rings. The Morgan fingerprint density at radius 2 is 0.730 bits per heavy atom. The Hall–Kier alpha value is -0.920. The van der Waals surface area contributed by atoms with Gasteiger partial charge >= 0.3 is 0 Å². The molecule has 1 aromatic heterocycles. The molecule has 0 amide bonds. The molecule has 37 heavy (non-hydrogen) atoms. The van der Waals surface area contributed by atoms with E-state index in [2.05, 4.69) is 26.8 Å². The van der Waals surface area contributed by atoms with E-state index in [1.807, 2.05) is 0 Å². The molecule has 1 rings (SSSR count). The van der Waals surface area contributed by atoms with E-state index in [-0.39, 0.29) is 0 Å². The lowest BCUT2D eigenvalue weighted by atomic mass is 10.0. The molecule has 2 heteroatoms. The van der Waals surface area contributed by atoms with Gasteiger partial charge in [0.15, 0.2) is 0 Å². The van der Waals surface area contributed by atoms with E-state index in [0.717, 1.165) is 31.5 Å². The average Bonchev–Trinajstić information content (AvgIpc) is 2.90. The summed E-state index contributed by atoms with van der Waals surface area (Å²) < 4.78 is 0. The maximum atomic E-state index is 4.87.